The molecule has 0 radical (unpaired) electrons. The molecule has 1 aromatic carbocycles. The summed E-state index contributed by atoms with van der Waals surface area (Å²) in [5.41, 5.74) is -0.577. The number of hydrogen-bond acceptors (Lipinski definition) is 4. The van der Waals surface area contributed by atoms with Gasteiger partial charge in [0.1, 0.15) is 0 Å². The first-order chi connectivity index (χ1) is 11.9. The standard InChI is InChI=1S/C21H29NO4/c1-20(2,3)17(24)12-11-16(18(25)21(4,5)6)22-19(26)15-10-8-7-9-14(15)13-23/h7-13,16,18,25H,1-6H3,(H,22,26)/b12-11+/t16-,18+/m0/s1. The number of amides is 1. The van der Waals surface area contributed by atoms with Crippen LogP contribution in [0.2, 0.25) is 0 Å². The third kappa shape index (κ3) is 5.92. The Morgan fingerprint density at radius 2 is 1.65 bits per heavy atom. The Balaban J connectivity index is 3.13. The fourth-order valence-electron chi connectivity index (χ4n) is 2.25. The number of rotatable bonds is 6. The predicted molar refractivity (Wildman–Crippen MR) is 102 cm³/mol. The van der Waals surface area contributed by atoms with Gasteiger partial charge in [-0.2, -0.15) is 0 Å². The number of aliphatic hydroxyl groups is 1. The van der Waals surface area contributed by atoms with E-state index in [1.807, 2.05) is 20.8 Å². The molecule has 5 heteroatoms. The normalized spacial score (nSPS) is 14.7. The van der Waals surface area contributed by atoms with Gasteiger partial charge in [-0.3, -0.25) is 14.4 Å². The molecule has 2 N–H and O–H groups in total. The van der Waals surface area contributed by atoms with Gasteiger partial charge in [0.05, 0.1) is 12.1 Å². The minimum atomic E-state index is -0.918. The van der Waals surface area contributed by atoms with Gasteiger partial charge in [0.2, 0.25) is 0 Å². The molecular formula is C21H29NO4. The van der Waals surface area contributed by atoms with Crippen molar-refractivity contribution in [3.63, 3.8) is 0 Å². The quantitative estimate of drug-likeness (QED) is 0.604. The van der Waals surface area contributed by atoms with Crippen molar-refractivity contribution in [1.82, 2.24) is 5.32 Å². The molecule has 0 spiro atoms. The van der Waals surface area contributed by atoms with Crippen molar-refractivity contribution < 1.29 is 19.5 Å². The summed E-state index contributed by atoms with van der Waals surface area (Å²) in [6.45, 7) is 10.9. The highest BCUT2D eigenvalue weighted by Gasteiger charge is 2.31. The first kappa shape index (κ1) is 21.8. The summed E-state index contributed by atoms with van der Waals surface area (Å²) in [4.78, 5) is 35.9. The van der Waals surface area contributed by atoms with Crippen LogP contribution < -0.4 is 5.32 Å². The molecule has 0 bridgehead atoms. The van der Waals surface area contributed by atoms with Gasteiger partial charge in [0, 0.05) is 16.5 Å². The molecule has 0 unspecified atom stereocenters. The second-order valence-corrected chi connectivity index (χ2v) is 8.49. The zero-order valence-corrected chi connectivity index (χ0v) is 16.4. The van der Waals surface area contributed by atoms with E-state index in [2.05, 4.69) is 5.32 Å². The lowest BCUT2D eigenvalue weighted by Gasteiger charge is -2.32. The highest BCUT2D eigenvalue weighted by atomic mass is 16.3. The van der Waals surface area contributed by atoms with Crippen molar-refractivity contribution >= 4 is 18.0 Å². The van der Waals surface area contributed by atoms with Gasteiger partial charge >= 0.3 is 0 Å². The second kappa shape index (κ2) is 8.41. The molecule has 0 aliphatic carbocycles. The number of benzene rings is 1. The second-order valence-electron chi connectivity index (χ2n) is 8.49. The van der Waals surface area contributed by atoms with Gasteiger partial charge in [0.15, 0.2) is 12.1 Å². The minimum absolute atomic E-state index is 0.105. The smallest absolute Gasteiger partial charge is 0.252 e. The minimum Gasteiger partial charge on any atom is -0.390 e. The Bertz CT molecular complexity index is 693. The van der Waals surface area contributed by atoms with E-state index in [9.17, 15) is 19.5 Å². The molecule has 0 aliphatic rings. The van der Waals surface area contributed by atoms with Gasteiger partial charge in [0.25, 0.3) is 5.91 Å². The molecule has 1 amide bonds. The van der Waals surface area contributed by atoms with Crippen molar-refractivity contribution in [2.45, 2.75) is 53.7 Å². The van der Waals surface area contributed by atoms with Crippen LogP contribution in [0.15, 0.2) is 36.4 Å². The van der Waals surface area contributed by atoms with Crippen LogP contribution in [0.25, 0.3) is 0 Å². The highest BCUT2D eigenvalue weighted by Crippen LogP contribution is 2.23. The van der Waals surface area contributed by atoms with E-state index in [0.29, 0.717) is 6.29 Å². The summed E-state index contributed by atoms with van der Waals surface area (Å²) in [5.74, 6) is -0.583. The number of carbonyl (C=O) groups excluding carboxylic acids is 3. The van der Waals surface area contributed by atoms with E-state index >= 15 is 0 Å². The molecule has 142 valence electrons. The molecule has 0 saturated carbocycles. The summed E-state index contributed by atoms with van der Waals surface area (Å²) in [7, 11) is 0. The van der Waals surface area contributed by atoms with Crippen LogP contribution in [0, 0.1) is 10.8 Å². The van der Waals surface area contributed by atoms with E-state index in [1.165, 1.54) is 12.2 Å². The summed E-state index contributed by atoms with van der Waals surface area (Å²) in [6.07, 6.45) is 2.61. The number of ketones is 1. The summed E-state index contributed by atoms with van der Waals surface area (Å²) >= 11 is 0. The largest absolute Gasteiger partial charge is 0.390 e. The van der Waals surface area contributed by atoms with Crippen LogP contribution in [-0.2, 0) is 4.79 Å². The molecular weight excluding hydrogens is 330 g/mol. The Kier molecular flexibility index (Phi) is 7.04. The molecule has 0 heterocycles. The highest BCUT2D eigenvalue weighted by molar-refractivity contribution is 6.01. The van der Waals surface area contributed by atoms with Gasteiger partial charge in [-0.1, -0.05) is 65.8 Å². The van der Waals surface area contributed by atoms with Gasteiger partial charge in [-0.15, -0.1) is 0 Å². The van der Waals surface area contributed by atoms with Crippen LogP contribution in [-0.4, -0.2) is 35.2 Å². The van der Waals surface area contributed by atoms with E-state index in [4.69, 9.17) is 0 Å². The third-order valence-corrected chi connectivity index (χ3v) is 4.05. The first-order valence-electron chi connectivity index (χ1n) is 8.63. The summed E-state index contributed by atoms with van der Waals surface area (Å²) in [5, 5.41) is 13.4. The Hall–Kier alpha value is -2.27. The molecule has 26 heavy (non-hydrogen) atoms. The Morgan fingerprint density at radius 1 is 1.08 bits per heavy atom. The number of allylic oxidation sites excluding steroid dienone is 1. The maximum atomic E-state index is 12.6. The number of aldehydes is 1. The molecule has 0 fully saturated rings. The number of aliphatic hydroxyl groups excluding tert-OH is 1. The van der Waals surface area contributed by atoms with Crippen LogP contribution in [0.1, 0.15) is 62.3 Å². The molecule has 0 aliphatic heterocycles. The topological polar surface area (TPSA) is 83.5 Å². The number of hydrogen-bond donors (Lipinski definition) is 2. The molecule has 0 saturated heterocycles. The van der Waals surface area contributed by atoms with Crippen molar-refractivity contribution in [2.75, 3.05) is 0 Å². The van der Waals surface area contributed by atoms with Gasteiger partial charge < -0.3 is 10.4 Å². The van der Waals surface area contributed by atoms with E-state index in [0.717, 1.165) is 0 Å². The van der Waals surface area contributed by atoms with E-state index in [-0.39, 0.29) is 16.9 Å². The zero-order valence-electron chi connectivity index (χ0n) is 16.4. The van der Waals surface area contributed by atoms with Crippen LogP contribution in [0.3, 0.4) is 0 Å². The van der Waals surface area contributed by atoms with Crippen LogP contribution in [0.5, 0.6) is 0 Å². The predicted octanol–water partition coefficient (Wildman–Crippen LogP) is 3.18. The summed E-state index contributed by atoms with van der Waals surface area (Å²) in [6, 6.07) is 5.66. The van der Waals surface area contributed by atoms with Crippen molar-refractivity contribution in [3.05, 3.63) is 47.5 Å². The van der Waals surface area contributed by atoms with E-state index < -0.39 is 28.9 Å². The molecule has 1 rings (SSSR count). The van der Waals surface area contributed by atoms with E-state index in [1.54, 1.807) is 45.0 Å². The Morgan fingerprint density at radius 3 is 2.15 bits per heavy atom. The molecule has 0 aromatic heterocycles. The van der Waals surface area contributed by atoms with Crippen molar-refractivity contribution in [1.29, 1.82) is 0 Å². The maximum Gasteiger partial charge on any atom is 0.252 e. The van der Waals surface area contributed by atoms with Crippen molar-refractivity contribution in [3.8, 4) is 0 Å². The average Bonchev–Trinajstić information content (AvgIpc) is 2.55. The first-order valence-corrected chi connectivity index (χ1v) is 8.63. The molecule has 2 atom stereocenters. The Labute approximate surface area is 155 Å². The maximum absolute atomic E-state index is 12.6. The fourth-order valence-corrected chi connectivity index (χ4v) is 2.25. The number of carbonyl (C=O) groups is 3. The average molecular weight is 359 g/mol. The van der Waals surface area contributed by atoms with Crippen molar-refractivity contribution in [2.24, 2.45) is 10.8 Å². The molecule has 1 aromatic rings. The zero-order chi connectivity index (χ0) is 20.1. The van der Waals surface area contributed by atoms with Gasteiger partial charge in [-0.25, -0.2) is 0 Å². The summed E-state index contributed by atoms with van der Waals surface area (Å²) < 4.78 is 0. The molecule has 5 nitrogen and oxygen atoms in total. The lowest BCUT2D eigenvalue weighted by molar-refractivity contribution is -0.121. The van der Waals surface area contributed by atoms with Crippen LogP contribution >= 0.6 is 0 Å². The fraction of sp³-hybridized carbons (Fsp3) is 0.476. The van der Waals surface area contributed by atoms with Crippen LogP contribution in [0.4, 0.5) is 0 Å². The monoisotopic (exact) mass is 359 g/mol. The lowest BCUT2D eigenvalue weighted by Crippen LogP contribution is -2.48. The van der Waals surface area contributed by atoms with Gasteiger partial charge in [-0.05, 0) is 17.6 Å². The lowest BCUT2D eigenvalue weighted by atomic mass is 9.83. The number of nitrogens with one attached hydrogen (secondary N) is 1. The third-order valence-electron chi connectivity index (χ3n) is 4.05. The SMILES string of the molecule is CC(C)(C)C(=O)/C=C/[C@H](NC(=O)c1ccccc1C=O)[C@@H](O)C(C)(C)C.